The number of fused-ring (bicyclic) bond motifs is 2. The molecule has 0 bridgehead atoms. The average molecular weight is 517 g/mol. The zero-order chi connectivity index (χ0) is 27.4. The summed E-state index contributed by atoms with van der Waals surface area (Å²) < 4.78 is 1.85. The number of hydrogen-bond donors (Lipinski definition) is 1. The molecule has 4 aromatic heterocycles. The van der Waals surface area contributed by atoms with Gasteiger partial charge < -0.3 is 14.8 Å². The molecule has 0 aromatic carbocycles. The smallest absolute Gasteiger partial charge is 0.236 e. The molecule has 1 aliphatic heterocycles. The van der Waals surface area contributed by atoms with Crippen LogP contribution in [0.2, 0.25) is 0 Å². The molecule has 0 atom stereocenters. The molecule has 5 rings (SSSR count). The summed E-state index contributed by atoms with van der Waals surface area (Å²) in [6.07, 6.45) is 3.67. The minimum atomic E-state index is -0.0292. The lowest BCUT2D eigenvalue weighted by atomic mass is 9.95. The van der Waals surface area contributed by atoms with E-state index in [1.54, 1.807) is 6.33 Å². The molecule has 38 heavy (non-hydrogen) atoms. The SMILES string of the molecule is Cc1c(-c2[nH]c3ccc(N4CCN(C(=O)CN(C)C(C)(C)C)CC4)nc3c2C(C)C)cn2ncnc2c1C. The standard InChI is InChI=1S/C29H40N8O/c1-18(2)25-26(21-15-37-28(30-17-31-37)20(4)19(21)3)32-22-9-10-23(33-27(22)25)35-11-13-36(14-12-35)24(38)16-34(8)29(5,6)7/h9-10,15,17-18,32H,11-14,16H2,1-8H3. The molecule has 0 radical (unpaired) electrons. The maximum atomic E-state index is 12.9. The van der Waals surface area contributed by atoms with E-state index in [1.165, 1.54) is 11.1 Å². The van der Waals surface area contributed by atoms with E-state index in [9.17, 15) is 4.79 Å². The van der Waals surface area contributed by atoms with Crippen LogP contribution in [0.4, 0.5) is 5.82 Å². The Morgan fingerprint density at radius 1 is 1.11 bits per heavy atom. The number of likely N-dealkylation sites (N-methyl/N-ethyl adjacent to an activating group) is 1. The second-order valence-electron chi connectivity index (χ2n) is 11.8. The molecular formula is C29H40N8O. The molecule has 5 heterocycles. The van der Waals surface area contributed by atoms with Gasteiger partial charge >= 0.3 is 0 Å². The van der Waals surface area contributed by atoms with E-state index < -0.39 is 0 Å². The molecule has 4 aromatic rings. The van der Waals surface area contributed by atoms with Crippen molar-refractivity contribution in [1.82, 2.24) is 34.4 Å². The van der Waals surface area contributed by atoms with Gasteiger partial charge in [-0.15, -0.1) is 0 Å². The summed E-state index contributed by atoms with van der Waals surface area (Å²) in [4.78, 5) is 32.5. The monoisotopic (exact) mass is 516 g/mol. The van der Waals surface area contributed by atoms with E-state index in [4.69, 9.17) is 4.98 Å². The predicted molar refractivity (Wildman–Crippen MR) is 153 cm³/mol. The Balaban J connectivity index is 1.42. The molecule has 0 saturated carbocycles. The Labute approximate surface area is 224 Å². The number of pyridine rings is 2. The number of H-pyrrole nitrogens is 1. The molecule has 9 heteroatoms. The zero-order valence-corrected chi connectivity index (χ0v) is 24.0. The van der Waals surface area contributed by atoms with Gasteiger partial charge in [-0.2, -0.15) is 5.10 Å². The number of nitrogens with zero attached hydrogens (tertiary/aromatic N) is 7. The Morgan fingerprint density at radius 3 is 2.47 bits per heavy atom. The van der Waals surface area contributed by atoms with Crippen molar-refractivity contribution in [3.63, 3.8) is 0 Å². The molecule has 0 aliphatic carbocycles. The van der Waals surface area contributed by atoms with Gasteiger partial charge in [-0.3, -0.25) is 9.69 Å². The van der Waals surface area contributed by atoms with Crippen LogP contribution in [-0.2, 0) is 4.79 Å². The predicted octanol–water partition coefficient (Wildman–Crippen LogP) is 4.39. The fraction of sp³-hybridized carbons (Fsp3) is 0.517. The number of piperazine rings is 1. The normalized spacial score (nSPS) is 15.0. The lowest BCUT2D eigenvalue weighted by molar-refractivity contribution is -0.133. The first kappa shape index (κ1) is 26.2. The van der Waals surface area contributed by atoms with Crippen molar-refractivity contribution in [3.05, 3.63) is 41.3 Å². The van der Waals surface area contributed by atoms with Crippen LogP contribution in [0.15, 0.2) is 24.7 Å². The van der Waals surface area contributed by atoms with Crippen LogP contribution < -0.4 is 4.90 Å². The largest absolute Gasteiger partial charge is 0.353 e. The Hall–Kier alpha value is -3.46. The van der Waals surface area contributed by atoms with Gasteiger partial charge in [-0.05, 0) is 70.8 Å². The Morgan fingerprint density at radius 2 is 1.82 bits per heavy atom. The topological polar surface area (TPSA) is 85.7 Å². The van der Waals surface area contributed by atoms with Crippen molar-refractivity contribution in [2.45, 2.75) is 59.9 Å². The van der Waals surface area contributed by atoms with Crippen molar-refractivity contribution in [3.8, 4) is 11.3 Å². The lowest BCUT2D eigenvalue weighted by Crippen LogP contribution is -2.52. The van der Waals surface area contributed by atoms with Gasteiger partial charge in [0.25, 0.3) is 0 Å². The Kier molecular flexibility index (Phi) is 6.67. The quantitative estimate of drug-likeness (QED) is 0.423. The highest BCUT2D eigenvalue weighted by Gasteiger charge is 2.27. The highest BCUT2D eigenvalue weighted by atomic mass is 16.2. The fourth-order valence-electron chi connectivity index (χ4n) is 5.21. The third-order valence-electron chi connectivity index (χ3n) is 8.11. The molecule has 0 unspecified atom stereocenters. The number of aromatic amines is 1. The van der Waals surface area contributed by atoms with Gasteiger partial charge in [0.05, 0.1) is 23.3 Å². The molecule has 1 saturated heterocycles. The van der Waals surface area contributed by atoms with Crippen molar-refractivity contribution in [2.24, 2.45) is 0 Å². The van der Waals surface area contributed by atoms with E-state index >= 15 is 0 Å². The molecular weight excluding hydrogens is 476 g/mol. The first-order chi connectivity index (χ1) is 18.0. The van der Waals surface area contributed by atoms with Crippen LogP contribution in [-0.4, -0.2) is 85.6 Å². The van der Waals surface area contributed by atoms with Gasteiger partial charge in [0.2, 0.25) is 5.91 Å². The molecule has 0 spiro atoms. The van der Waals surface area contributed by atoms with Crippen LogP contribution in [0, 0.1) is 13.8 Å². The third kappa shape index (κ3) is 4.64. The lowest BCUT2D eigenvalue weighted by Gasteiger charge is -2.38. The van der Waals surface area contributed by atoms with Gasteiger partial charge in [-0.25, -0.2) is 14.5 Å². The number of nitrogens with one attached hydrogen (secondary N) is 1. The van der Waals surface area contributed by atoms with Crippen LogP contribution in [0.1, 0.15) is 57.2 Å². The van der Waals surface area contributed by atoms with Gasteiger partial charge in [-0.1, -0.05) is 13.8 Å². The summed E-state index contributed by atoms with van der Waals surface area (Å²) in [5.74, 6) is 1.43. The number of amides is 1. The van der Waals surface area contributed by atoms with E-state index in [0.29, 0.717) is 19.6 Å². The molecule has 9 nitrogen and oxygen atoms in total. The van der Waals surface area contributed by atoms with E-state index in [-0.39, 0.29) is 17.4 Å². The van der Waals surface area contributed by atoms with E-state index in [0.717, 1.165) is 52.4 Å². The van der Waals surface area contributed by atoms with Gasteiger partial charge in [0, 0.05) is 49.0 Å². The second kappa shape index (κ2) is 9.69. The number of hydrogen-bond acceptors (Lipinski definition) is 6. The molecule has 1 fully saturated rings. The number of rotatable bonds is 5. The van der Waals surface area contributed by atoms with Crippen LogP contribution in [0.3, 0.4) is 0 Å². The van der Waals surface area contributed by atoms with Gasteiger partial charge in [0.1, 0.15) is 12.1 Å². The fourth-order valence-corrected chi connectivity index (χ4v) is 5.21. The minimum Gasteiger partial charge on any atom is -0.353 e. The molecule has 202 valence electrons. The Bertz CT molecular complexity index is 1480. The summed E-state index contributed by atoms with van der Waals surface area (Å²) in [5.41, 5.74) is 8.64. The number of aromatic nitrogens is 5. The number of anilines is 1. The zero-order valence-electron chi connectivity index (χ0n) is 24.0. The van der Waals surface area contributed by atoms with Crippen molar-refractivity contribution in [2.75, 3.05) is 44.7 Å². The highest BCUT2D eigenvalue weighted by Crippen LogP contribution is 2.38. The first-order valence-corrected chi connectivity index (χ1v) is 13.5. The third-order valence-corrected chi connectivity index (χ3v) is 8.11. The summed E-state index contributed by atoms with van der Waals surface area (Å²) in [6.45, 7) is 18.5. The van der Waals surface area contributed by atoms with Crippen molar-refractivity contribution in [1.29, 1.82) is 0 Å². The average Bonchev–Trinajstić information content (AvgIpc) is 3.50. The highest BCUT2D eigenvalue weighted by molar-refractivity contribution is 5.90. The van der Waals surface area contributed by atoms with Crippen LogP contribution >= 0.6 is 0 Å². The van der Waals surface area contributed by atoms with E-state index in [1.807, 2.05) is 16.5 Å². The number of carbonyl (C=O) groups excluding carboxylic acids is 1. The van der Waals surface area contributed by atoms with E-state index in [2.05, 4.69) is 91.7 Å². The van der Waals surface area contributed by atoms with Gasteiger partial charge in [0.15, 0.2) is 5.65 Å². The van der Waals surface area contributed by atoms with Crippen molar-refractivity contribution < 1.29 is 4.79 Å². The molecule has 1 N–H and O–H groups in total. The maximum Gasteiger partial charge on any atom is 0.236 e. The van der Waals surface area contributed by atoms with Crippen LogP contribution in [0.5, 0.6) is 0 Å². The molecule has 1 aliphatic rings. The summed E-state index contributed by atoms with van der Waals surface area (Å²) in [6, 6.07) is 4.23. The first-order valence-electron chi connectivity index (χ1n) is 13.5. The van der Waals surface area contributed by atoms with Crippen molar-refractivity contribution >= 4 is 28.4 Å². The summed E-state index contributed by atoms with van der Waals surface area (Å²) in [7, 11) is 2.01. The number of aryl methyl sites for hydroxylation is 1. The second-order valence-corrected chi connectivity index (χ2v) is 11.8. The van der Waals surface area contributed by atoms with Crippen LogP contribution in [0.25, 0.3) is 27.9 Å². The summed E-state index contributed by atoms with van der Waals surface area (Å²) >= 11 is 0. The minimum absolute atomic E-state index is 0.0292. The molecule has 1 amide bonds. The summed E-state index contributed by atoms with van der Waals surface area (Å²) in [5, 5.41) is 4.40. The number of carbonyl (C=O) groups is 1. The maximum absolute atomic E-state index is 12.9.